The highest BCUT2D eigenvalue weighted by Crippen LogP contribution is 2.24. The van der Waals surface area contributed by atoms with Gasteiger partial charge >= 0.3 is 0 Å². The Kier molecular flexibility index (Phi) is 4.87. The van der Waals surface area contributed by atoms with Crippen molar-refractivity contribution in [3.05, 3.63) is 28.8 Å². The largest absolute Gasteiger partial charge is 0.399 e. The number of piperidine rings is 1. The van der Waals surface area contributed by atoms with Crippen molar-refractivity contribution in [3.63, 3.8) is 0 Å². The number of halogens is 1. The van der Waals surface area contributed by atoms with Crippen LogP contribution in [0, 0.1) is 5.92 Å². The number of aliphatic hydroxyl groups excluding tert-OH is 1. The minimum atomic E-state index is 0.289. The molecule has 1 saturated heterocycles. The third-order valence-electron chi connectivity index (χ3n) is 3.60. The maximum atomic E-state index is 9.02. The molecule has 1 aliphatic heterocycles. The average molecular weight is 269 g/mol. The van der Waals surface area contributed by atoms with Crippen molar-refractivity contribution >= 4 is 17.3 Å². The number of aliphatic hydroxyl groups is 1. The van der Waals surface area contributed by atoms with Gasteiger partial charge in [-0.3, -0.25) is 4.90 Å². The fourth-order valence-corrected chi connectivity index (χ4v) is 2.85. The number of likely N-dealkylation sites (tertiary alicyclic amines) is 1. The molecule has 0 saturated carbocycles. The van der Waals surface area contributed by atoms with Crippen molar-refractivity contribution in [2.45, 2.75) is 25.8 Å². The van der Waals surface area contributed by atoms with E-state index in [2.05, 4.69) is 4.90 Å². The second-order valence-electron chi connectivity index (χ2n) is 5.11. The predicted molar refractivity (Wildman–Crippen MR) is 75.6 cm³/mol. The van der Waals surface area contributed by atoms with E-state index in [-0.39, 0.29) is 6.61 Å². The second-order valence-corrected chi connectivity index (χ2v) is 5.51. The lowest BCUT2D eigenvalue weighted by Gasteiger charge is -2.32. The van der Waals surface area contributed by atoms with Gasteiger partial charge in [-0.15, -0.1) is 0 Å². The van der Waals surface area contributed by atoms with Gasteiger partial charge in [0.05, 0.1) is 0 Å². The molecule has 4 heteroatoms. The normalized spacial score (nSPS) is 21.1. The third-order valence-corrected chi connectivity index (χ3v) is 3.97. The van der Waals surface area contributed by atoms with Crippen molar-refractivity contribution < 1.29 is 5.11 Å². The van der Waals surface area contributed by atoms with Gasteiger partial charge in [0.15, 0.2) is 0 Å². The highest BCUT2D eigenvalue weighted by Gasteiger charge is 2.20. The van der Waals surface area contributed by atoms with E-state index in [1.807, 2.05) is 18.2 Å². The smallest absolute Gasteiger partial charge is 0.0452 e. The summed E-state index contributed by atoms with van der Waals surface area (Å²) in [6.07, 6.45) is 3.33. The second kappa shape index (κ2) is 6.41. The summed E-state index contributed by atoms with van der Waals surface area (Å²) in [7, 11) is 0. The van der Waals surface area contributed by atoms with Gasteiger partial charge < -0.3 is 10.8 Å². The van der Waals surface area contributed by atoms with Crippen LogP contribution in [0.1, 0.15) is 24.8 Å². The first-order chi connectivity index (χ1) is 8.69. The van der Waals surface area contributed by atoms with Crippen LogP contribution >= 0.6 is 11.6 Å². The Hall–Kier alpha value is -0.770. The Labute approximate surface area is 114 Å². The van der Waals surface area contributed by atoms with Crippen LogP contribution in [-0.4, -0.2) is 29.7 Å². The summed E-state index contributed by atoms with van der Waals surface area (Å²) in [4.78, 5) is 2.41. The standard InChI is InChI=1S/C14H21ClN2O/c15-14-4-3-13(16)8-12(14)10-17-6-1-2-11(9-17)5-7-18/h3-4,8,11,18H,1-2,5-7,9-10,16H2. The van der Waals surface area contributed by atoms with Gasteiger partial charge in [-0.05, 0) is 55.5 Å². The lowest BCUT2D eigenvalue weighted by Crippen LogP contribution is -2.35. The van der Waals surface area contributed by atoms with Gasteiger partial charge in [0.25, 0.3) is 0 Å². The monoisotopic (exact) mass is 268 g/mol. The summed E-state index contributed by atoms with van der Waals surface area (Å²) in [5.41, 5.74) is 7.66. The van der Waals surface area contributed by atoms with Crippen LogP contribution in [0.25, 0.3) is 0 Å². The minimum absolute atomic E-state index is 0.289. The summed E-state index contributed by atoms with van der Waals surface area (Å²) in [6, 6.07) is 5.65. The van der Waals surface area contributed by atoms with Gasteiger partial charge in [0, 0.05) is 30.4 Å². The molecule has 0 aromatic heterocycles. The number of nitrogen functional groups attached to an aromatic ring is 1. The molecule has 2 rings (SSSR count). The van der Waals surface area contributed by atoms with E-state index in [1.54, 1.807) is 0 Å². The number of rotatable bonds is 4. The highest BCUT2D eigenvalue weighted by molar-refractivity contribution is 6.31. The zero-order chi connectivity index (χ0) is 13.0. The van der Waals surface area contributed by atoms with E-state index in [4.69, 9.17) is 22.4 Å². The zero-order valence-corrected chi connectivity index (χ0v) is 11.4. The minimum Gasteiger partial charge on any atom is -0.399 e. The van der Waals surface area contributed by atoms with Crippen LogP contribution in [0.2, 0.25) is 5.02 Å². The molecule has 1 fully saturated rings. The maximum absolute atomic E-state index is 9.02. The van der Waals surface area contributed by atoms with Crippen molar-refractivity contribution in [2.24, 2.45) is 5.92 Å². The van der Waals surface area contributed by atoms with Crippen LogP contribution < -0.4 is 5.73 Å². The van der Waals surface area contributed by atoms with Gasteiger partial charge in [0.2, 0.25) is 0 Å². The lowest BCUT2D eigenvalue weighted by molar-refractivity contribution is 0.142. The maximum Gasteiger partial charge on any atom is 0.0452 e. The summed E-state index contributed by atoms with van der Waals surface area (Å²) >= 11 is 6.19. The van der Waals surface area contributed by atoms with Crippen LogP contribution in [0.4, 0.5) is 5.69 Å². The highest BCUT2D eigenvalue weighted by atomic mass is 35.5. The molecule has 1 aliphatic rings. The Morgan fingerprint density at radius 2 is 2.28 bits per heavy atom. The van der Waals surface area contributed by atoms with E-state index in [1.165, 1.54) is 12.8 Å². The Morgan fingerprint density at radius 3 is 3.06 bits per heavy atom. The molecule has 1 aromatic carbocycles. The summed E-state index contributed by atoms with van der Waals surface area (Å²) in [5, 5.41) is 9.80. The molecule has 3 N–H and O–H groups in total. The number of hydrogen-bond donors (Lipinski definition) is 2. The Balaban J connectivity index is 1.98. The van der Waals surface area contributed by atoms with E-state index in [9.17, 15) is 0 Å². The first-order valence-corrected chi connectivity index (χ1v) is 6.94. The molecule has 100 valence electrons. The van der Waals surface area contributed by atoms with Crippen LogP contribution in [-0.2, 0) is 6.54 Å². The fourth-order valence-electron chi connectivity index (χ4n) is 2.67. The summed E-state index contributed by atoms with van der Waals surface area (Å²) in [5.74, 6) is 0.614. The quantitative estimate of drug-likeness (QED) is 0.825. The van der Waals surface area contributed by atoms with Crippen LogP contribution in [0.3, 0.4) is 0 Å². The average Bonchev–Trinajstić information content (AvgIpc) is 2.35. The van der Waals surface area contributed by atoms with E-state index >= 15 is 0 Å². The van der Waals surface area contributed by atoms with Crippen molar-refractivity contribution in [3.8, 4) is 0 Å². The van der Waals surface area contributed by atoms with E-state index in [0.717, 1.165) is 42.3 Å². The molecule has 0 bridgehead atoms. The van der Waals surface area contributed by atoms with E-state index < -0.39 is 0 Å². The van der Waals surface area contributed by atoms with Crippen LogP contribution in [0.5, 0.6) is 0 Å². The van der Waals surface area contributed by atoms with Gasteiger partial charge in [-0.1, -0.05) is 11.6 Å². The van der Waals surface area contributed by atoms with Crippen molar-refractivity contribution in [2.75, 3.05) is 25.4 Å². The number of nitrogens with two attached hydrogens (primary N) is 1. The van der Waals surface area contributed by atoms with Gasteiger partial charge in [-0.25, -0.2) is 0 Å². The number of hydrogen-bond acceptors (Lipinski definition) is 3. The first-order valence-electron chi connectivity index (χ1n) is 6.56. The summed E-state index contributed by atoms with van der Waals surface area (Å²) in [6.45, 7) is 3.29. The molecule has 0 aliphatic carbocycles. The Bertz CT molecular complexity index is 395. The van der Waals surface area contributed by atoms with E-state index in [0.29, 0.717) is 5.92 Å². The van der Waals surface area contributed by atoms with Crippen molar-refractivity contribution in [1.29, 1.82) is 0 Å². The molecule has 18 heavy (non-hydrogen) atoms. The topological polar surface area (TPSA) is 49.5 Å². The molecule has 1 aromatic rings. The van der Waals surface area contributed by atoms with Crippen molar-refractivity contribution in [1.82, 2.24) is 4.90 Å². The molecule has 1 unspecified atom stereocenters. The number of anilines is 1. The molecule has 1 heterocycles. The third kappa shape index (κ3) is 3.61. The van der Waals surface area contributed by atoms with Gasteiger partial charge in [-0.2, -0.15) is 0 Å². The molecular weight excluding hydrogens is 248 g/mol. The number of nitrogens with zero attached hydrogens (tertiary/aromatic N) is 1. The molecule has 1 atom stereocenters. The lowest BCUT2D eigenvalue weighted by atomic mass is 9.95. The predicted octanol–water partition coefficient (Wildman–Crippen LogP) is 2.52. The molecule has 3 nitrogen and oxygen atoms in total. The molecule has 0 spiro atoms. The fraction of sp³-hybridized carbons (Fsp3) is 0.571. The van der Waals surface area contributed by atoms with Crippen LogP contribution in [0.15, 0.2) is 18.2 Å². The molecule has 0 amide bonds. The SMILES string of the molecule is Nc1ccc(Cl)c(CN2CCCC(CCO)C2)c1. The molecule has 0 radical (unpaired) electrons. The summed E-state index contributed by atoms with van der Waals surface area (Å²) < 4.78 is 0. The molecular formula is C14H21ClN2O. The first kappa shape index (κ1) is 13.7. The number of benzene rings is 1. The van der Waals surface area contributed by atoms with Gasteiger partial charge in [0.1, 0.15) is 0 Å². The zero-order valence-electron chi connectivity index (χ0n) is 10.6. The Morgan fingerprint density at radius 1 is 1.44 bits per heavy atom.